The zero-order valence-electron chi connectivity index (χ0n) is 6.08. The fourth-order valence-electron chi connectivity index (χ4n) is 1.25. The summed E-state index contributed by atoms with van der Waals surface area (Å²) in [4.78, 5) is 0. The molecule has 0 aromatic carbocycles. The van der Waals surface area contributed by atoms with Crippen molar-refractivity contribution in [3.05, 3.63) is 0 Å². The summed E-state index contributed by atoms with van der Waals surface area (Å²) in [6.07, 6.45) is -2.76. The number of hydrogen-bond donors (Lipinski definition) is 0. The summed E-state index contributed by atoms with van der Waals surface area (Å²) in [5.41, 5.74) is -2.41. The van der Waals surface area contributed by atoms with E-state index >= 15 is 0 Å². The molecule has 2 aliphatic rings. The third kappa shape index (κ3) is 1.35. The van der Waals surface area contributed by atoms with Crippen molar-refractivity contribution in [3.8, 4) is 0 Å². The molecule has 0 bridgehead atoms. The first-order valence-corrected chi connectivity index (χ1v) is 6.34. The van der Waals surface area contributed by atoms with E-state index in [4.69, 9.17) is 0 Å². The van der Waals surface area contributed by atoms with Gasteiger partial charge < -0.3 is 0 Å². The van der Waals surface area contributed by atoms with Crippen LogP contribution in [0.15, 0.2) is 0 Å². The topological polar surface area (TPSA) is 86.7 Å². The Balaban J connectivity index is 2.36. The molecule has 3 atom stereocenters. The van der Waals surface area contributed by atoms with Gasteiger partial charge in [0.1, 0.15) is 11.9 Å². The van der Waals surface area contributed by atoms with E-state index < -0.39 is 43.7 Å². The third-order valence-corrected chi connectivity index (χ3v) is 4.37. The number of rotatable bonds is 0. The van der Waals surface area contributed by atoms with Crippen molar-refractivity contribution in [2.75, 3.05) is 5.75 Å². The van der Waals surface area contributed by atoms with E-state index in [2.05, 4.69) is 8.37 Å². The zero-order valence-corrected chi connectivity index (χ0v) is 7.72. The van der Waals surface area contributed by atoms with Gasteiger partial charge in [-0.3, -0.25) is 8.37 Å². The maximum absolute atomic E-state index is 12.9. The summed E-state index contributed by atoms with van der Waals surface area (Å²) in [6, 6.07) is 0. The molecule has 76 valence electrons. The molecule has 0 radical (unpaired) electrons. The lowest BCUT2D eigenvalue weighted by molar-refractivity contribution is 0.116. The molecule has 13 heavy (non-hydrogen) atoms. The van der Waals surface area contributed by atoms with E-state index in [1.165, 1.54) is 0 Å². The van der Waals surface area contributed by atoms with Crippen LogP contribution in [0.2, 0.25) is 0 Å². The van der Waals surface area contributed by atoms with E-state index in [0.717, 1.165) is 0 Å². The predicted molar refractivity (Wildman–Crippen MR) is 37.3 cm³/mol. The Morgan fingerprint density at radius 2 is 1.77 bits per heavy atom. The van der Waals surface area contributed by atoms with Crippen LogP contribution in [0.25, 0.3) is 0 Å². The van der Waals surface area contributed by atoms with Crippen LogP contribution in [0, 0.1) is 0 Å². The SMILES string of the molecule is O=S1(=O)C[C@@H]2OS(=O)(=O)C(F)[C@@H]2O1. The molecular weight excluding hydrogens is 227 g/mol. The van der Waals surface area contributed by atoms with Crippen molar-refractivity contribution in [3.63, 3.8) is 0 Å². The van der Waals surface area contributed by atoms with Crippen LogP contribution in [0.1, 0.15) is 0 Å². The molecule has 1 unspecified atom stereocenters. The molecule has 0 spiro atoms. The van der Waals surface area contributed by atoms with Crippen molar-refractivity contribution in [2.45, 2.75) is 17.7 Å². The molecule has 0 amide bonds. The molecule has 2 saturated heterocycles. The van der Waals surface area contributed by atoms with Crippen molar-refractivity contribution < 1.29 is 29.6 Å². The molecule has 2 aliphatic heterocycles. The van der Waals surface area contributed by atoms with E-state index in [9.17, 15) is 21.2 Å². The van der Waals surface area contributed by atoms with Gasteiger partial charge >= 0.3 is 10.1 Å². The van der Waals surface area contributed by atoms with Crippen LogP contribution < -0.4 is 0 Å². The van der Waals surface area contributed by atoms with Crippen molar-refractivity contribution in [2.24, 2.45) is 0 Å². The number of alkyl halides is 1. The smallest absolute Gasteiger partial charge is 0.260 e. The van der Waals surface area contributed by atoms with Crippen molar-refractivity contribution in [1.82, 2.24) is 0 Å². The zero-order chi connectivity index (χ0) is 9.85. The fourth-order valence-corrected chi connectivity index (χ4v) is 3.89. The third-order valence-electron chi connectivity index (χ3n) is 1.78. The molecule has 6 nitrogen and oxygen atoms in total. The second-order valence-corrected chi connectivity index (χ2v) is 6.03. The average Bonchev–Trinajstić information content (AvgIpc) is 2.30. The monoisotopic (exact) mass is 232 g/mol. The van der Waals surface area contributed by atoms with Gasteiger partial charge in [-0.05, 0) is 0 Å². The Morgan fingerprint density at radius 1 is 1.15 bits per heavy atom. The lowest BCUT2D eigenvalue weighted by Gasteiger charge is -2.02. The number of halogens is 1. The molecule has 0 aromatic heterocycles. The van der Waals surface area contributed by atoms with Gasteiger partial charge in [-0.1, -0.05) is 0 Å². The molecule has 0 aliphatic carbocycles. The molecule has 2 rings (SSSR count). The van der Waals surface area contributed by atoms with Crippen LogP contribution in [0.5, 0.6) is 0 Å². The normalized spacial score (nSPS) is 46.1. The summed E-state index contributed by atoms with van der Waals surface area (Å²) < 4.78 is 64.2. The number of hydrogen-bond acceptors (Lipinski definition) is 6. The predicted octanol–water partition coefficient (Wildman–Crippen LogP) is -1.26. The van der Waals surface area contributed by atoms with Crippen LogP contribution in [-0.2, 0) is 28.6 Å². The van der Waals surface area contributed by atoms with Crippen molar-refractivity contribution >= 4 is 20.2 Å². The number of fused-ring (bicyclic) bond motifs is 1. The maximum atomic E-state index is 12.9. The molecule has 0 saturated carbocycles. The Labute approximate surface area is 73.9 Å². The Kier molecular flexibility index (Phi) is 1.72. The van der Waals surface area contributed by atoms with E-state index in [-0.39, 0.29) is 0 Å². The molecule has 2 heterocycles. The quantitative estimate of drug-likeness (QED) is 0.484. The molecular formula is C4H5FO6S2. The fraction of sp³-hybridized carbons (Fsp3) is 1.00. The summed E-state index contributed by atoms with van der Waals surface area (Å²) in [5, 5.41) is 0. The van der Waals surface area contributed by atoms with Crippen LogP contribution in [0.3, 0.4) is 0 Å². The van der Waals surface area contributed by atoms with Gasteiger partial charge in [-0.2, -0.15) is 16.8 Å². The minimum Gasteiger partial charge on any atom is -0.260 e. The van der Waals surface area contributed by atoms with Crippen LogP contribution in [-0.4, -0.2) is 40.3 Å². The van der Waals surface area contributed by atoms with Crippen LogP contribution in [0.4, 0.5) is 4.39 Å². The second-order valence-electron chi connectivity index (χ2n) is 2.76. The van der Waals surface area contributed by atoms with E-state index in [0.29, 0.717) is 0 Å². The summed E-state index contributed by atoms with van der Waals surface area (Å²) in [5.74, 6) is -0.614. The lowest BCUT2D eigenvalue weighted by Crippen LogP contribution is -2.25. The molecule has 9 heteroatoms. The first-order valence-electron chi connectivity index (χ1n) is 3.29. The van der Waals surface area contributed by atoms with Gasteiger partial charge in [0.15, 0.2) is 6.10 Å². The van der Waals surface area contributed by atoms with Crippen LogP contribution >= 0.6 is 0 Å². The second kappa shape index (κ2) is 2.41. The van der Waals surface area contributed by atoms with Crippen molar-refractivity contribution in [1.29, 1.82) is 0 Å². The highest BCUT2D eigenvalue weighted by molar-refractivity contribution is 7.88. The van der Waals surface area contributed by atoms with E-state index in [1.54, 1.807) is 0 Å². The summed E-state index contributed by atoms with van der Waals surface area (Å²) in [6.45, 7) is 0. The van der Waals surface area contributed by atoms with Gasteiger partial charge in [-0.15, -0.1) is 0 Å². The van der Waals surface area contributed by atoms with Gasteiger partial charge in [-0.25, -0.2) is 4.39 Å². The standard InChI is InChI=1S/C4H5FO6S2/c5-4-3-2(10-13(4,8)9)1-12(6,7)11-3/h2-4H,1H2/t2-,3+,4?/m0/s1. The highest BCUT2D eigenvalue weighted by atomic mass is 32.2. The maximum Gasteiger partial charge on any atom is 0.303 e. The Hall–Kier alpha value is -0.250. The average molecular weight is 232 g/mol. The highest BCUT2D eigenvalue weighted by Crippen LogP contribution is 2.34. The minimum absolute atomic E-state index is 0.614. The minimum atomic E-state index is -4.29. The van der Waals surface area contributed by atoms with Gasteiger partial charge in [0, 0.05) is 0 Å². The molecule has 0 N–H and O–H groups in total. The van der Waals surface area contributed by atoms with Gasteiger partial charge in [0.05, 0.1) is 0 Å². The Bertz CT molecular complexity index is 424. The first-order chi connectivity index (χ1) is 5.82. The van der Waals surface area contributed by atoms with Gasteiger partial charge in [0.25, 0.3) is 15.6 Å². The molecule has 2 fully saturated rings. The molecule has 0 aromatic rings. The summed E-state index contributed by atoms with van der Waals surface area (Å²) in [7, 11) is -8.11. The Morgan fingerprint density at radius 3 is 2.31 bits per heavy atom. The summed E-state index contributed by atoms with van der Waals surface area (Å²) >= 11 is 0. The highest BCUT2D eigenvalue weighted by Gasteiger charge is 2.57. The lowest BCUT2D eigenvalue weighted by atomic mass is 10.2. The largest absolute Gasteiger partial charge is 0.303 e. The first kappa shape index (κ1) is 9.31. The van der Waals surface area contributed by atoms with E-state index in [1.807, 2.05) is 0 Å². The van der Waals surface area contributed by atoms with Gasteiger partial charge in [0.2, 0.25) is 0 Å².